The molecule has 0 radical (unpaired) electrons. The van der Waals surface area contributed by atoms with Crippen molar-refractivity contribution in [1.29, 1.82) is 0 Å². The van der Waals surface area contributed by atoms with Crippen molar-refractivity contribution in [3.05, 3.63) is 0 Å². The van der Waals surface area contributed by atoms with E-state index >= 15 is 0 Å². The topological polar surface area (TPSA) is 84.4 Å². The molecule has 3 rings (SSSR count). The smallest absolute Gasteiger partial charge is 0.233 e. The number of amides is 2. The molecular formula is C17H26N4O3S3. The summed E-state index contributed by atoms with van der Waals surface area (Å²) in [7, 11) is 0. The summed E-state index contributed by atoms with van der Waals surface area (Å²) in [5.41, 5.74) is 0. The summed E-state index contributed by atoms with van der Waals surface area (Å²) in [6, 6.07) is 0.239. The molecule has 27 heavy (non-hydrogen) atoms. The van der Waals surface area contributed by atoms with Crippen LogP contribution in [0.2, 0.25) is 0 Å². The van der Waals surface area contributed by atoms with Crippen LogP contribution in [0.5, 0.6) is 0 Å². The molecule has 0 aromatic carbocycles. The molecule has 1 aliphatic heterocycles. The van der Waals surface area contributed by atoms with Gasteiger partial charge in [-0.2, -0.15) is 0 Å². The highest BCUT2D eigenvalue weighted by Gasteiger charge is 2.36. The number of rotatable bonds is 8. The Labute approximate surface area is 172 Å². The number of carbonyl (C=O) groups excluding carboxylic acids is 2. The summed E-state index contributed by atoms with van der Waals surface area (Å²) >= 11 is 4.25. The largest absolute Gasteiger partial charge is 0.374 e. The Hall–Kier alpha value is -0.840. The SMILES string of the molecule is CCCNC(=O)CSc1nnc(SCC(=O)N2CCOC3CCCCC32)s1. The van der Waals surface area contributed by atoms with Crippen molar-refractivity contribution in [2.75, 3.05) is 31.2 Å². The molecule has 2 atom stereocenters. The molecule has 0 bridgehead atoms. The Morgan fingerprint density at radius 1 is 1.22 bits per heavy atom. The molecule has 1 saturated heterocycles. The van der Waals surface area contributed by atoms with Gasteiger partial charge < -0.3 is 15.0 Å². The van der Waals surface area contributed by atoms with Gasteiger partial charge >= 0.3 is 0 Å². The summed E-state index contributed by atoms with van der Waals surface area (Å²) in [6.45, 7) is 4.04. The third kappa shape index (κ3) is 6.07. The molecule has 1 aliphatic carbocycles. The maximum atomic E-state index is 12.7. The average molecular weight is 431 g/mol. The number of morpholine rings is 1. The second-order valence-corrected chi connectivity index (χ2v) is 10.0. The number of hydrogen-bond acceptors (Lipinski definition) is 8. The quantitative estimate of drug-likeness (QED) is 0.634. The van der Waals surface area contributed by atoms with Crippen LogP contribution < -0.4 is 5.32 Å². The van der Waals surface area contributed by atoms with Crippen LogP contribution in [0.15, 0.2) is 8.68 Å². The molecule has 1 aromatic rings. The van der Waals surface area contributed by atoms with E-state index in [1.807, 2.05) is 11.8 Å². The second kappa shape index (κ2) is 10.6. The molecule has 150 valence electrons. The lowest BCUT2D eigenvalue weighted by atomic mass is 9.90. The summed E-state index contributed by atoms with van der Waals surface area (Å²) in [5, 5.41) is 11.1. The van der Waals surface area contributed by atoms with E-state index in [1.54, 1.807) is 0 Å². The van der Waals surface area contributed by atoms with Gasteiger partial charge in [-0.1, -0.05) is 54.6 Å². The lowest BCUT2D eigenvalue weighted by molar-refractivity contribution is -0.146. The highest BCUT2D eigenvalue weighted by Crippen LogP contribution is 2.31. The van der Waals surface area contributed by atoms with E-state index in [-0.39, 0.29) is 24.0 Å². The highest BCUT2D eigenvalue weighted by molar-refractivity contribution is 8.03. The number of nitrogens with zero attached hydrogens (tertiary/aromatic N) is 3. The molecule has 2 fully saturated rings. The van der Waals surface area contributed by atoms with Gasteiger partial charge in [0.1, 0.15) is 0 Å². The van der Waals surface area contributed by atoms with Gasteiger partial charge in [0.15, 0.2) is 8.68 Å². The zero-order valence-electron chi connectivity index (χ0n) is 15.5. The maximum absolute atomic E-state index is 12.7. The maximum Gasteiger partial charge on any atom is 0.233 e. The Morgan fingerprint density at radius 2 is 1.96 bits per heavy atom. The summed E-state index contributed by atoms with van der Waals surface area (Å²) in [5.74, 6) is 0.883. The number of ether oxygens (including phenoxy) is 1. The molecule has 1 aromatic heterocycles. The highest BCUT2D eigenvalue weighted by atomic mass is 32.2. The van der Waals surface area contributed by atoms with Crippen LogP contribution in [-0.4, -0.2) is 70.3 Å². The van der Waals surface area contributed by atoms with Crippen molar-refractivity contribution >= 4 is 46.7 Å². The van der Waals surface area contributed by atoms with E-state index in [1.165, 1.54) is 47.7 Å². The lowest BCUT2D eigenvalue weighted by Crippen LogP contribution is -2.55. The first-order valence-electron chi connectivity index (χ1n) is 9.44. The molecule has 10 heteroatoms. The number of carbonyl (C=O) groups is 2. The molecule has 0 spiro atoms. The molecule has 1 saturated carbocycles. The minimum atomic E-state index is 0.00999. The second-order valence-electron chi connectivity index (χ2n) is 6.61. The van der Waals surface area contributed by atoms with Crippen LogP contribution in [0.4, 0.5) is 0 Å². The van der Waals surface area contributed by atoms with Crippen molar-refractivity contribution in [3.63, 3.8) is 0 Å². The van der Waals surface area contributed by atoms with Crippen LogP contribution in [0.1, 0.15) is 39.0 Å². The van der Waals surface area contributed by atoms with Gasteiger partial charge in [0.2, 0.25) is 11.8 Å². The van der Waals surface area contributed by atoms with E-state index in [9.17, 15) is 9.59 Å². The molecule has 2 amide bonds. The fourth-order valence-electron chi connectivity index (χ4n) is 3.37. The van der Waals surface area contributed by atoms with Crippen molar-refractivity contribution in [2.24, 2.45) is 0 Å². The fourth-order valence-corrected chi connectivity index (χ4v) is 6.11. The monoisotopic (exact) mass is 430 g/mol. The Balaban J connectivity index is 1.44. The zero-order chi connectivity index (χ0) is 19.1. The van der Waals surface area contributed by atoms with Gasteiger partial charge in [0.25, 0.3) is 0 Å². The summed E-state index contributed by atoms with van der Waals surface area (Å²) in [4.78, 5) is 26.4. The summed E-state index contributed by atoms with van der Waals surface area (Å²) < 4.78 is 7.37. The van der Waals surface area contributed by atoms with Crippen LogP contribution in [-0.2, 0) is 14.3 Å². The van der Waals surface area contributed by atoms with Crippen LogP contribution in [0, 0.1) is 0 Å². The Morgan fingerprint density at radius 3 is 2.74 bits per heavy atom. The first kappa shape index (κ1) is 20.9. The van der Waals surface area contributed by atoms with Gasteiger partial charge in [-0.05, 0) is 19.3 Å². The average Bonchev–Trinajstić information content (AvgIpc) is 3.16. The van der Waals surface area contributed by atoms with Crippen LogP contribution in [0.25, 0.3) is 0 Å². The van der Waals surface area contributed by atoms with Gasteiger partial charge in [0, 0.05) is 13.1 Å². The van der Waals surface area contributed by atoms with Crippen molar-refractivity contribution in [2.45, 2.75) is 59.9 Å². The van der Waals surface area contributed by atoms with Crippen molar-refractivity contribution in [3.8, 4) is 0 Å². The zero-order valence-corrected chi connectivity index (χ0v) is 18.0. The molecule has 1 N–H and O–H groups in total. The Bertz CT molecular complexity index is 641. The van der Waals surface area contributed by atoms with E-state index in [4.69, 9.17) is 4.74 Å². The molecule has 2 aliphatic rings. The predicted octanol–water partition coefficient (Wildman–Crippen LogP) is 2.42. The third-order valence-corrected chi connectivity index (χ3v) is 7.83. The van der Waals surface area contributed by atoms with E-state index < -0.39 is 0 Å². The van der Waals surface area contributed by atoms with E-state index in [0.29, 0.717) is 31.2 Å². The normalized spacial score (nSPS) is 22.3. The van der Waals surface area contributed by atoms with Crippen LogP contribution >= 0.6 is 34.9 Å². The fraction of sp³-hybridized carbons (Fsp3) is 0.765. The van der Waals surface area contributed by atoms with Crippen molar-refractivity contribution < 1.29 is 14.3 Å². The molecular weight excluding hydrogens is 404 g/mol. The van der Waals surface area contributed by atoms with Crippen LogP contribution in [0.3, 0.4) is 0 Å². The number of aromatic nitrogens is 2. The van der Waals surface area contributed by atoms with E-state index in [2.05, 4.69) is 15.5 Å². The van der Waals surface area contributed by atoms with Gasteiger partial charge in [-0.3, -0.25) is 9.59 Å². The van der Waals surface area contributed by atoms with Gasteiger partial charge in [0.05, 0.1) is 30.3 Å². The predicted molar refractivity (Wildman–Crippen MR) is 108 cm³/mol. The number of thioether (sulfide) groups is 2. The molecule has 2 heterocycles. The van der Waals surface area contributed by atoms with E-state index in [0.717, 1.165) is 27.9 Å². The molecule has 2 unspecified atom stereocenters. The standard InChI is InChI=1S/C17H26N4O3S3/c1-2-7-18-14(22)10-25-16-19-20-17(27-16)26-11-15(23)21-8-9-24-13-6-4-3-5-12(13)21/h12-13H,2-11H2,1H3,(H,18,22). The number of hydrogen-bond donors (Lipinski definition) is 1. The lowest BCUT2D eigenvalue weighted by Gasteiger charge is -2.43. The van der Waals surface area contributed by atoms with Crippen molar-refractivity contribution in [1.82, 2.24) is 20.4 Å². The van der Waals surface area contributed by atoms with Gasteiger partial charge in [-0.25, -0.2) is 0 Å². The minimum absolute atomic E-state index is 0.00999. The first-order chi connectivity index (χ1) is 13.2. The minimum Gasteiger partial charge on any atom is -0.374 e. The summed E-state index contributed by atoms with van der Waals surface area (Å²) in [6.07, 6.45) is 5.61. The third-order valence-electron chi connectivity index (χ3n) is 4.66. The first-order valence-corrected chi connectivity index (χ1v) is 12.2. The Kier molecular flexibility index (Phi) is 8.23. The number of fused-ring (bicyclic) bond motifs is 1. The molecule has 7 nitrogen and oxygen atoms in total. The number of nitrogens with one attached hydrogen (secondary N) is 1. The van der Waals surface area contributed by atoms with Gasteiger partial charge in [-0.15, -0.1) is 10.2 Å².